The smallest absolute Gasteiger partial charge is 0.144 e. The molecular weight excluding hydrogens is 390 g/mol. The van der Waals surface area contributed by atoms with Crippen LogP contribution in [0, 0.1) is 12.8 Å². The van der Waals surface area contributed by atoms with Gasteiger partial charge in [-0.25, -0.2) is 0 Å². The first-order valence-corrected chi connectivity index (χ1v) is 11.7. The fourth-order valence-electron chi connectivity index (χ4n) is 5.41. The Balaban J connectivity index is 1.52. The van der Waals surface area contributed by atoms with E-state index in [0.717, 1.165) is 40.1 Å². The van der Waals surface area contributed by atoms with Crippen LogP contribution in [0.2, 0.25) is 0 Å². The fourth-order valence-corrected chi connectivity index (χ4v) is 5.41. The van der Waals surface area contributed by atoms with Gasteiger partial charge in [-0.3, -0.25) is 4.98 Å². The lowest BCUT2D eigenvalue weighted by molar-refractivity contribution is 0.546. The molecule has 0 aliphatic heterocycles. The summed E-state index contributed by atoms with van der Waals surface area (Å²) < 4.78 is 6.51. The monoisotopic (exact) mass is 417 g/mol. The van der Waals surface area contributed by atoms with Crippen molar-refractivity contribution < 1.29 is 4.42 Å². The number of furan rings is 1. The number of aromatic nitrogens is 1. The van der Waals surface area contributed by atoms with Crippen molar-refractivity contribution >= 4 is 21.9 Å². The summed E-state index contributed by atoms with van der Waals surface area (Å²) in [7, 11) is 0. The van der Waals surface area contributed by atoms with Crippen LogP contribution in [0.25, 0.3) is 44.3 Å². The van der Waals surface area contributed by atoms with Gasteiger partial charge in [-0.1, -0.05) is 74.2 Å². The summed E-state index contributed by atoms with van der Waals surface area (Å²) in [6, 6.07) is 25.9. The minimum atomic E-state index is 0.823. The molecule has 0 amide bonds. The van der Waals surface area contributed by atoms with Gasteiger partial charge in [-0.15, -0.1) is 0 Å². The second-order valence-electron chi connectivity index (χ2n) is 9.24. The normalized spacial score (nSPS) is 14.5. The Morgan fingerprint density at radius 1 is 0.875 bits per heavy atom. The summed E-state index contributed by atoms with van der Waals surface area (Å²) in [4.78, 5) is 4.74. The van der Waals surface area contributed by atoms with Crippen molar-refractivity contribution in [2.24, 2.45) is 5.92 Å². The molecule has 2 heteroatoms. The lowest BCUT2D eigenvalue weighted by Gasteiger charge is -2.10. The van der Waals surface area contributed by atoms with Crippen molar-refractivity contribution in [1.29, 1.82) is 0 Å². The van der Waals surface area contributed by atoms with Gasteiger partial charge in [-0.05, 0) is 65.8 Å². The van der Waals surface area contributed by atoms with Crippen LogP contribution in [0.3, 0.4) is 0 Å². The molecule has 2 nitrogen and oxygen atoms in total. The molecule has 158 valence electrons. The predicted molar refractivity (Wildman–Crippen MR) is 133 cm³/mol. The largest absolute Gasteiger partial charge is 0.455 e. The average Bonchev–Trinajstić information content (AvgIpc) is 3.46. The van der Waals surface area contributed by atoms with Crippen molar-refractivity contribution in [2.75, 3.05) is 0 Å². The first-order valence-electron chi connectivity index (χ1n) is 11.7. The van der Waals surface area contributed by atoms with E-state index in [1.54, 1.807) is 0 Å². The molecule has 0 N–H and O–H groups in total. The molecule has 1 aliphatic rings. The lowest BCUT2D eigenvalue weighted by atomic mass is 9.95. The molecule has 1 aliphatic carbocycles. The highest BCUT2D eigenvalue weighted by atomic mass is 16.3. The number of fused-ring (bicyclic) bond motifs is 3. The van der Waals surface area contributed by atoms with Crippen molar-refractivity contribution in [1.82, 2.24) is 4.98 Å². The quantitative estimate of drug-likeness (QED) is 0.294. The van der Waals surface area contributed by atoms with Crippen LogP contribution >= 0.6 is 0 Å². The highest BCUT2D eigenvalue weighted by molar-refractivity contribution is 6.15. The molecule has 0 unspecified atom stereocenters. The highest BCUT2D eigenvalue weighted by Gasteiger charge is 2.19. The molecule has 0 radical (unpaired) electrons. The standard InChI is InChI=1S/C30H27NO/c1-20-16-26(23-10-3-2-4-11-23)29-25-13-7-12-24(30(25)32-28(29)17-20)27-19-22(14-15-31-27)18-21-8-5-6-9-21/h2-4,7,10-17,19,21H,5-6,8-9,18H2,1H3. The molecule has 3 aromatic carbocycles. The van der Waals surface area contributed by atoms with Crippen LogP contribution in [0.5, 0.6) is 0 Å². The molecular formula is C30H27NO. The Morgan fingerprint density at radius 2 is 1.72 bits per heavy atom. The summed E-state index contributed by atoms with van der Waals surface area (Å²) in [6.07, 6.45) is 8.59. The van der Waals surface area contributed by atoms with Crippen LogP contribution in [0.4, 0.5) is 0 Å². The molecule has 32 heavy (non-hydrogen) atoms. The highest BCUT2D eigenvalue weighted by Crippen LogP contribution is 2.41. The molecule has 1 saturated carbocycles. The fraction of sp³-hybridized carbons (Fsp3) is 0.233. The first kappa shape index (κ1) is 19.3. The number of rotatable bonds is 4. The predicted octanol–water partition coefficient (Wildman–Crippen LogP) is 8.36. The third kappa shape index (κ3) is 3.40. The maximum absolute atomic E-state index is 6.51. The molecule has 5 aromatic rings. The van der Waals surface area contributed by atoms with E-state index in [2.05, 4.69) is 79.7 Å². The SMILES string of the molecule is Cc1cc(-c2ccccc2)c2c(c1)oc1c(-c3cc(CC4CCCC4)ccn3)cccc12. The summed E-state index contributed by atoms with van der Waals surface area (Å²) in [5.41, 5.74) is 8.96. The Morgan fingerprint density at radius 3 is 2.56 bits per heavy atom. The third-order valence-corrected chi connectivity index (χ3v) is 6.93. The van der Waals surface area contributed by atoms with Gasteiger partial charge in [0.2, 0.25) is 0 Å². The molecule has 0 bridgehead atoms. The van der Waals surface area contributed by atoms with Crippen LogP contribution in [0.15, 0.2) is 83.4 Å². The number of hydrogen-bond donors (Lipinski definition) is 0. The Kier molecular flexibility index (Phi) is 4.79. The van der Waals surface area contributed by atoms with Crippen molar-refractivity contribution in [3.05, 3.63) is 90.1 Å². The summed E-state index contributed by atoms with van der Waals surface area (Å²) in [5.74, 6) is 0.823. The van der Waals surface area contributed by atoms with Gasteiger partial charge in [0.05, 0.1) is 5.69 Å². The Bertz CT molecular complexity index is 1410. The minimum Gasteiger partial charge on any atom is -0.455 e. The van der Waals surface area contributed by atoms with E-state index >= 15 is 0 Å². The van der Waals surface area contributed by atoms with Crippen molar-refractivity contribution in [3.63, 3.8) is 0 Å². The van der Waals surface area contributed by atoms with Gasteiger partial charge in [0, 0.05) is 22.5 Å². The van der Waals surface area contributed by atoms with Crippen LogP contribution in [-0.2, 0) is 6.42 Å². The molecule has 1 fully saturated rings. The van der Waals surface area contributed by atoms with E-state index in [1.165, 1.54) is 53.3 Å². The second-order valence-corrected chi connectivity index (χ2v) is 9.24. The molecule has 0 atom stereocenters. The van der Waals surface area contributed by atoms with Crippen molar-refractivity contribution in [2.45, 2.75) is 39.0 Å². The summed E-state index contributed by atoms with van der Waals surface area (Å²) in [5, 5.41) is 2.33. The van der Waals surface area contributed by atoms with Gasteiger partial charge < -0.3 is 4.42 Å². The number of nitrogens with zero attached hydrogens (tertiary/aromatic N) is 1. The zero-order chi connectivity index (χ0) is 21.5. The molecule has 0 spiro atoms. The second kappa shape index (κ2) is 7.94. The third-order valence-electron chi connectivity index (χ3n) is 6.93. The zero-order valence-electron chi connectivity index (χ0n) is 18.5. The Hall–Kier alpha value is -3.39. The molecule has 2 heterocycles. The molecule has 6 rings (SSSR count). The van der Waals surface area contributed by atoms with E-state index in [9.17, 15) is 0 Å². The average molecular weight is 418 g/mol. The van der Waals surface area contributed by atoms with Crippen LogP contribution < -0.4 is 0 Å². The minimum absolute atomic E-state index is 0.823. The number of pyridine rings is 1. The van der Waals surface area contributed by atoms with E-state index in [4.69, 9.17) is 9.40 Å². The number of benzene rings is 3. The molecule has 0 saturated heterocycles. The van der Waals surface area contributed by atoms with Gasteiger partial charge in [0.1, 0.15) is 11.2 Å². The van der Waals surface area contributed by atoms with E-state index in [0.29, 0.717) is 0 Å². The lowest BCUT2D eigenvalue weighted by Crippen LogP contribution is -1.99. The zero-order valence-corrected chi connectivity index (χ0v) is 18.5. The van der Waals surface area contributed by atoms with Gasteiger partial charge in [0.15, 0.2) is 0 Å². The van der Waals surface area contributed by atoms with Gasteiger partial charge >= 0.3 is 0 Å². The first-order chi connectivity index (χ1) is 15.8. The summed E-state index contributed by atoms with van der Waals surface area (Å²) >= 11 is 0. The van der Waals surface area contributed by atoms with E-state index in [1.807, 2.05) is 6.20 Å². The Labute approximate surface area is 188 Å². The van der Waals surface area contributed by atoms with Crippen LogP contribution in [-0.4, -0.2) is 4.98 Å². The maximum atomic E-state index is 6.51. The number of para-hydroxylation sites is 1. The number of aryl methyl sites for hydroxylation is 1. The summed E-state index contributed by atoms with van der Waals surface area (Å²) in [6.45, 7) is 2.13. The van der Waals surface area contributed by atoms with Gasteiger partial charge in [-0.2, -0.15) is 0 Å². The van der Waals surface area contributed by atoms with E-state index in [-0.39, 0.29) is 0 Å². The van der Waals surface area contributed by atoms with Crippen LogP contribution in [0.1, 0.15) is 36.8 Å². The molecule has 2 aromatic heterocycles. The van der Waals surface area contributed by atoms with Gasteiger partial charge in [0.25, 0.3) is 0 Å². The number of hydrogen-bond acceptors (Lipinski definition) is 2. The van der Waals surface area contributed by atoms with Crippen molar-refractivity contribution in [3.8, 4) is 22.4 Å². The van der Waals surface area contributed by atoms with E-state index < -0.39 is 0 Å². The maximum Gasteiger partial charge on any atom is 0.144 e. The topological polar surface area (TPSA) is 26.0 Å².